The number of hydrogen-bond acceptors (Lipinski definition) is 3. The predicted molar refractivity (Wildman–Crippen MR) is 99.8 cm³/mol. The van der Waals surface area contributed by atoms with Crippen molar-refractivity contribution in [3.05, 3.63) is 71.1 Å². The summed E-state index contributed by atoms with van der Waals surface area (Å²) in [5, 5.41) is -1.23. The van der Waals surface area contributed by atoms with Crippen LogP contribution in [0, 0.1) is 13.5 Å². The van der Waals surface area contributed by atoms with Gasteiger partial charge in [-0.1, -0.05) is 50.6 Å². The van der Waals surface area contributed by atoms with Crippen LogP contribution in [-0.2, 0) is 9.84 Å². The number of nitrogens with zero attached hydrogens (tertiary/aromatic N) is 1. The van der Waals surface area contributed by atoms with E-state index >= 15 is 0 Å². The Morgan fingerprint density at radius 1 is 1.04 bits per heavy atom. The van der Waals surface area contributed by atoms with Gasteiger partial charge in [0.15, 0.2) is 0 Å². The highest BCUT2D eigenvalue weighted by Gasteiger charge is 2.36. The van der Waals surface area contributed by atoms with Gasteiger partial charge in [-0.3, -0.25) is 4.85 Å². The third-order valence-electron chi connectivity index (χ3n) is 3.36. The van der Waals surface area contributed by atoms with E-state index in [9.17, 15) is 8.42 Å². The standard InChI is InChI=1S/C19H21NO2S2/c1-14-10-12-15(13-11-14)24(21,22)18(20-5)16-8-6-7-9-17(16)23-19(2,3)4/h6-13,18H,1-4H3. The van der Waals surface area contributed by atoms with Gasteiger partial charge in [0.05, 0.1) is 10.5 Å². The van der Waals surface area contributed by atoms with Crippen molar-refractivity contribution >= 4 is 21.6 Å². The van der Waals surface area contributed by atoms with Crippen LogP contribution in [0.15, 0.2) is 58.3 Å². The van der Waals surface area contributed by atoms with Crippen LogP contribution in [-0.4, -0.2) is 13.2 Å². The normalized spacial score (nSPS) is 13.3. The number of aryl methyl sites for hydroxylation is 1. The van der Waals surface area contributed by atoms with Crippen LogP contribution in [0.5, 0.6) is 0 Å². The highest BCUT2D eigenvalue weighted by Crippen LogP contribution is 2.40. The maximum Gasteiger partial charge on any atom is 0.351 e. The molecule has 0 N–H and O–H groups in total. The minimum atomic E-state index is -3.77. The minimum absolute atomic E-state index is 0.0731. The molecule has 24 heavy (non-hydrogen) atoms. The molecule has 0 fully saturated rings. The topological polar surface area (TPSA) is 38.5 Å². The van der Waals surface area contributed by atoms with Gasteiger partial charge in [0, 0.05) is 9.64 Å². The number of sulfone groups is 1. The summed E-state index contributed by atoms with van der Waals surface area (Å²) in [5.74, 6) is 0. The molecule has 0 saturated heterocycles. The molecule has 0 amide bonds. The number of benzene rings is 2. The summed E-state index contributed by atoms with van der Waals surface area (Å²) >= 11 is 1.58. The molecule has 0 saturated carbocycles. The summed E-state index contributed by atoms with van der Waals surface area (Å²) in [6, 6.07) is 13.9. The Balaban J connectivity index is 2.53. The van der Waals surface area contributed by atoms with Crippen LogP contribution in [0.25, 0.3) is 4.85 Å². The van der Waals surface area contributed by atoms with Crippen LogP contribution in [0.1, 0.15) is 37.3 Å². The lowest BCUT2D eigenvalue weighted by Crippen LogP contribution is -2.13. The number of thioether (sulfide) groups is 1. The Labute approximate surface area is 148 Å². The summed E-state index contributed by atoms with van der Waals surface area (Å²) in [4.78, 5) is 4.49. The first-order valence-corrected chi connectivity index (χ1v) is 9.96. The van der Waals surface area contributed by atoms with Gasteiger partial charge in [-0.15, -0.1) is 11.8 Å². The van der Waals surface area contributed by atoms with Gasteiger partial charge in [-0.25, -0.2) is 15.0 Å². The fourth-order valence-electron chi connectivity index (χ4n) is 2.27. The molecule has 1 unspecified atom stereocenters. The van der Waals surface area contributed by atoms with Gasteiger partial charge in [-0.2, -0.15) is 0 Å². The lowest BCUT2D eigenvalue weighted by Gasteiger charge is -2.20. The molecule has 2 rings (SSSR count). The summed E-state index contributed by atoms with van der Waals surface area (Å²) < 4.78 is 25.9. The molecule has 0 aliphatic rings. The first kappa shape index (κ1) is 18.6. The summed E-state index contributed by atoms with van der Waals surface area (Å²) in [6.07, 6.45) is 0. The van der Waals surface area contributed by atoms with Crippen LogP contribution < -0.4 is 0 Å². The van der Waals surface area contributed by atoms with Gasteiger partial charge >= 0.3 is 5.37 Å². The fourth-order valence-corrected chi connectivity index (χ4v) is 4.90. The third-order valence-corrected chi connectivity index (χ3v) is 6.44. The maximum absolute atomic E-state index is 13.0. The Bertz CT molecular complexity index is 857. The molecule has 0 spiro atoms. The highest BCUT2D eigenvalue weighted by molar-refractivity contribution is 8.00. The average molecular weight is 360 g/mol. The first-order valence-electron chi connectivity index (χ1n) is 7.60. The molecule has 126 valence electrons. The predicted octanol–water partition coefficient (Wildman–Crippen LogP) is 5.28. The van der Waals surface area contributed by atoms with Crippen molar-refractivity contribution in [2.24, 2.45) is 0 Å². The van der Waals surface area contributed by atoms with Crippen LogP contribution in [0.3, 0.4) is 0 Å². The lowest BCUT2D eigenvalue weighted by atomic mass is 10.2. The molecule has 2 aromatic carbocycles. The largest absolute Gasteiger partial charge is 0.351 e. The summed E-state index contributed by atoms with van der Waals surface area (Å²) in [7, 11) is -3.77. The molecular weight excluding hydrogens is 338 g/mol. The Hall–Kier alpha value is -1.77. The Morgan fingerprint density at radius 3 is 2.17 bits per heavy atom. The van der Waals surface area contributed by atoms with Gasteiger partial charge in [0.2, 0.25) is 0 Å². The molecule has 3 nitrogen and oxygen atoms in total. The highest BCUT2D eigenvalue weighted by atomic mass is 32.2. The van der Waals surface area contributed by atoms with E-state index in [1.165, 1.54) is 0 Å². The molecule has 1 atom stereocenters. The maximum atomic E-state index is 13.0. The van der Waals surface area contributed by atoms with E-state index < -0.39 is 15.2 Å². The van der Waals surface area contributed by atoms with Crippen molar-refractivity contribution in [2.75, 3.05) is 0 Å². The van der Waals surface area contributed by atoms with Crippen molar-refractivity contribution in [2.45, 2.75) is 47.6 Å². The second-order valence-electron chi connectivity index (χ2n) is 6.59. The molecule has 0 aliphatic carbocycles. The first-order chi connectivity index (χ1) is 11.1. The average Bonchev–Trinajstić information content (AvgIpc) is 2.48. The smallest absolute Gasteiger partial charge is 0.291 e. The third kappa shape index (κ3) is 4.19. The van der Waals surface area contributed by atoms with E-state index in [4.69, 9.17) is 6.57 Å². The van der Waals surface area contributed by atoms with E-state index in [-0.39, 0.29) is 9.64 Å². The van der Waals surface area contributed by atoms with E-state index in [1.54, 1.807) is 48.2 Å². The summed E-state index contributed by atoms with van der Waals surface area (Å²) in [5.41, 5.74) is 1.53. The zero-order valence-corrected chi connectivity index (χ0v) is 15.9. The number of rotatable bonds is 4. The van der Waals surface area contributed by atoms with E-state index in [2.05, 4.69) is 25.6 Å². The van der Waals surface area contributed by atoms with E-state index in [1.807, 2.05) is 19.1 Å². The second-order valence-corrected chi connectivity index (χ2v) is 10.5. The van der Waals surface area contributed by atoms with Crippen molar-refractivity contribution in [3.8, 4) is 0 Å². The monoisotopic (exact) mass is 359 g/mol. The molecule has 0 heterocycles. The van der Waals surface area contributed by atoms with Gasteiger partial charge < -0.3 is 0 Å². The van der Waals surface area contributed by atoms with Gasteiger partial charge in [0.25, 0.3) is 9.84 Å². The van der Waals surface area contributed by atoms with Crippen molar-refractivity contribution in [1.82, 2.24) is 0 Å². The van der Waals surface area contributed by atoms with Crippen LogP contribution in [0.2, 0.25) is 0 Å². The van der Waals surface area contributed by atoms with Gasteiger partial charge in [-0.05, 0) is 31.2 Å². The molecule has 2 aromatic rings. The molecule has 0 aromatic heterocycles. The van der Waals surface area contributed by atoms with Crippen LogP contribution >= 0.6 is 11.8 Å². The SMILES string of the molecule is [C-]#[N+]C(c1ccccc1SC(C)(C)C)S(=O)(=O)c1ccc(C)cc1. The summed E-state index contributed by atoms with van der Waals surface area (Å²) in [6.45, 7) is 15.6. The zero-order chi connectivity index (χ0) is 18.0. The minimum Gasteiger partial charge on any atom is -0.291 e. The Morgan fingerprint density at radius 2 is 1.62 bits per heavy atom. The van der Waals surface area contributed by atoms with Crippen molar-refractivity contribution < 1.29 is 8.42 Å². The second kappa shape index (κ2) is 7.00. The van der Waals surface area contributed by atoms with Crippen LogP contribution in [0.4, 0.5) is 0 Å². The molecule has 0 aliphatic heterocycles. The van der Waals surface area contributed by atoms with Crippen molar-refractivity contribution in [3.63, 3.8) is 0 Å². The zero-order valence-electron chi connectivity index (χ0n) is 14.3. The molecular formula is C19H21NO2S2. The molecule has 0 radical (unpaired) electrons. The quantitative estimate of drug-likeness (QED) is 0.551. The van der Waals surface area contributed by atoms with Gasteiger partial charge in [0.1, 0.15) is 0 Å². The van der Waals surface area contributed by atoms with Crippen molar-refractivity contribution in [1.29, 1.82) is 0 Å². The Kier molecular flexibility index (Phi) is 5.42. The molecule has 0 bridgehead atoms. The molecule has 5 heteroatoms. The van der Waals surface area contributed by atoms with E-state index in [0.717, 1.165) is 10.5 Å². The van der Waals surface area contributed by atoms with E-state index in [0.29, 0.717) is 5.56 Å². The fraction of sp³-hybridized carbons (Fsp3) is 0.316. The number of hydrogen-bond donors (Lipinski definition) is 0. The lowest BCUT2D eigenvalue weighted by molar-refractivity contribution is 0.589.